The Morgan fingerprint density at radius 3 is 2.64 bits per heavy atom. The molecule has 7 nitrogen and oxygen atoms in total. The van der Waals surface area contributed by atoms with E-state index in [2.05, 4.69) is 4.98 Å². The number of carbonyl (C=O) groups is 2. The predicted octanol–water partition coefficient (Wildman–Crippen LogP) is 0.795. The molecule has 0 radical (unpaired) electrons. The van der Waals surface area contributed by atoms with E-state index < -0.39 is 29.9 Å². The fourth-order valence-corrected chi connectivity index (χ4v) is 1.80. The maximum atomic E-state index is 12.2. The van der Waals surface area contributed by atoms with Crippen molar-refractivity contribution < 1.29 is 32.3 Å². The van der Waals surface area contributed by atoms with Crippen LogP contribution in [-0.2, 0) is 16.0 Å². The number of alkyl halides is 3. The van der Waals surface area contributed by atoms with Gasteiger partial charge in [0.15, 0.2) is 5.58 Å². The standard InChI is InChI=1S/C12H9F3N2O5/c13-12(14,15)10(20)16-7(9(18)19)4-5-1-2-8-6(3-5)17-11(21)22-8/h1-3,7H,4H2,(H,16,20)(H,17,21)(H,18,19). The molecule has 0 aliphatic heterocycles. The summed E-state index contributed by atoms with van der Waals surface area (Å²) in [7, 11) is 0. The highest BCUT2D eigenvalue weighted by atomic mass is 19.4. The molecule has 10 heteroatoms. The SMILES string of the molecule is O=C(O)C(Cc1ccc2oc(=O)[nH]c2c1)NC(=O)C(F)(F)F. The van der Waals surface area contributed by atoms with E-state index in [9.17, 15) is 27.6 Å². The van der Waals surface area contributed by atoms with Crippen LogP contribution < -0.4 is 11.1 Å². The Balaban J connectivity index is 2.20. The molecule has 1 amide bonds. The fourth-order valence-electron chi connectivity index (χ4n) is 1.80. The zero-order valence-electron chi connectivity index (χ0n) is 10.7. The molecule has 0 aliphatic rings. The molecule has 1 aromatic carbocycles. The number of benzene rings is 1. The summed E-state index contributed by atoms with van der Waals surface area (Å²) in [5.41, 5.74) is 0.799. The van der Waals surface area contributed by atoms with Gasteiger partial charge in [-0.05, 0) is 17.7 Å². The average Bonchev–Trinajstić information content (AvgIpc) is 2.75. The van der Waals surface area contributed by atoms with Gasteiger partial charge in [-0.25, -0.2) is 9.59 Å². The van der Waals surface area contributed by atoms with Gasteiger partial charge in [0, 0.05) is 6.42 Å². The van der Waals surface area contributed by atoms with Gasteiger partial charge in [0.25, 0.3) is 0 Å². The topological polar surface area (TPSA) is 112 Å². The van der Waals surface area contributed by atoms with Crippen LogP contribution in [0.3, 0.4) is 0 Å². The summed E-state index contributed by atoms with van der Waals surface area (Å²) >= 11 is 0. The molecule has 22 heavy (non-hydrogen) atoms. The van der Waals surface area contributed by atoms with Crippen LogP contribution in [0.4, 0.5) is 13.2 Å². The zero-order valence-corrected chi connectivity index (χ0v) is 10.7. The van der Waals surface area contributed by atoms with Crippen molar-refractivity contribution in [3.63, 3.8) is 0 Å². The van der Waals surface area contributed by atoms with E-state index in [1.165, 1.54) is 23.5 Å². The summed E-state index contributed by atoms with van der Waals surface area (Å²) in [6.45, 7) is 0. The first-order valence-corrected chi connectivity index (χ1v) is 5.89. The van der Waals surface area contributed by atoms with Gasteiger partial charge < -0.3 is 14.8 Å². The van der Waals surface area contributed by atoms with E-state index >= 15 is 0 Å². The van der Waals surface area contributed by atoms with Crippen molar-refractivity contribution in [2.24, 2.45) is 0 Å². The lowest BCUT2D eigenvalue weighted by atomic mass is 10.1. The smallest absolute Gasteiger partial charge is 0.471 e. The minimum atomic E-state index is -5.17. The van der Waals surface area contributed by atoms with Crippen molar-refractivity contribution in [1.82, 2.24) is 10.3 Å². The quantitative estimate of drug-likeness (QED) is 0.772. The van der Waals surface area contributed by atoms with E-state index in [1.54, 1.807) is 0 Å². The predicted molar refractivity (Wildman–Crippen MR) is 66.2 cm³/mol. The maximum Gasteiger partial charge on any atom is 0.471 e. The number of aromatic nitrogens is 1. The summed E-state index contributed by atoms with van der Waals surface area (Å²) in [4.78, 5) is 35.1. The van der Waals surface area contributed by atoms with Crippen LogP contribution >= 0.6 is 0 Å². The second-order valence-electron chi connectivity index (χ2n) is 4.41. The van der Waals surface area contributed by atoms with E-state index in [1.807, 2.05) is 0 Å². The Hall–Kier alpha value is -2.78. The lowest BCUT2D eigenvalue weighted by molar-refractivity contribution is -0.175. The largest absolute Gasteiger partial charge is 0.480 e. The van der Waals surface area contributed by atoms with Gasteiger partial charge in [-0.3, -0.25) is 9.78 Å². The van der Waals surface area contributed by atoms with Crippen LogP contribution in [-0.4, -0.2) is 34.2 Å². The Bertz CT molecular complexity index is 777. The van der Waals surface area contributed by atoms with Crippen molar-refractivity contribution in [2.45, 2.75) is 18.6 Å². The number of fused-ring (bicyclic) bond motifs is 1. The number of amides is 1. The number of nitrogens with one attached hydrogen (secondary N) is 2. The summed E-state index contributed by atoms with van der Waals surface area (Å²) in [5, 5.41) is 10.3. The summed E-state index contributed by atoms with van der Waals surface area (Å²) < 4.78 is 41.2. The van der Waals surface area contributed by atoms with Crippen molar-refractivity contribution in [1.29, 1.82) is 0 Å². The lowest BCUT2D eigenvalue weighted by Gasteiger charge is -2.15. The number of oxazole rings is 1. The second kappa shape index (κ2) is 5.54. The normalized spacial score (nSPS) is 13.0. The number of aromatic amines is 1. The second-order valence-corrected chi connectivity index (χ2v) is 4.41. The Kier molecular flexibility index (Phi) is 3.93. The van der Waals surface area contributed by atoms with Gasteiger partial charge in [0.2, 0.25) is 0 Å². The molecule has 2 aromatic rings. The number of carbonyl (C=O) groups excluding carboxylic acids is 1. The van der Waals surface area contributed by atoms with Crippen molar-refractivity contribution in [3.05, 3.63) is 34.3 Å². The summed E-state index contributed by atoms with van der Waals surface area (Å²) in [6, 6.07) is 2.35. The highest BCUT2D eigenvalue weighted by molar-refractivity contribution is 5.87. The molecule has 1 unspecified atom stereocenters. The van der Waals surface area contributed by atoms with Gasteiger partial charge in [0.1, 0.15) is 6.04 Å². The number of H-pyrrole nitrogens is 1. The van der Waals surface area contributed by atoms with Crippen LogP contribution in [0.5, 0.6) is 0 Å². The Labute approximate surface area is 119 Å². The fraction of sp³-hybridized carbons (Fsp3) is 0.250. The Morgan fingerprint density at radius 1 is 1.36 bits per heavy atom. The Morgan fingerprint density at radius 2 is 2.05 bits per heavy atom. The zero-order chi connectivity index (χ0) is 16.5. The summed E-state index contributed by atoms with van der Waals surface area (Å²) in [6.07, 6.45) is -5.56. The highest BCUT2D eigenvalue weighted by Crippen LogP contribution is 2.17. The maximum absolute atomic E-state index is 12.2. The van der Waals surface area contributed by atoms with E-state index in [0.29, 0.717) is 5.56 Å². The molecule has 118 valence electrons. The number of rotatable bonds is 4. The molecular weight excluding hydrogens is 309 g/mol. The molecule has 0 bridgehead atoms. The number of carboxylic acids is 1. The first-order valence-electron chi connectivity index (χ1n) is 5.89. The third-order valence-electron chi connectivity index (χ3n) is 2.78. The molecule has 1 heterocycles. The lowest BCUT2D eigenvalue weighted by Crippen LogP contribution is -2.47. The third kappa shape index (κ3) is 3.45. The molecule has 3 N–H and O–H groups in total. The number of aliphatic carboxylic acids is 1. The third-order valence-corrected chi connectivity index (χ3v) is 2.78. The molecule has 0 aliphatic carbocycles. The first kappa shape index (κ1) is 15.6. The minimum Gasteiger partial charge on any atom is -0.480 e. The molecule has 0 saturated heterocycles. The van der Waals surface area contributed by atoms with Crippen LogP contribution in [0.2, 0.25) is 0 Å². The van der Waals surface area contributed by atoms with Crippen LogP contribution in [0.25, 0.3) is 11.1 Å². The van der Waals surface area contributed by atoms with Crippen LogP contribution in [0.15, 0.2) is 27.4 Å². The molecular formula is C12H9F3N2O5. The molecule has 1 atom stereocenters. The van der Waals surface area contributed by atoms with Gasteiger partial charge in [-0.15, -0.1) is 0 Å². The molecule has 2 rings (SSSR count). The van der Waals surface area contributed by atoms with Gasteiger partial charge in [0.05, 0.1) is 5.52 Å². The van der Waals surface area contributed by atoms with Crippen LogP contribution in [0, 0.1) is 0 Å². The number of hydrogen-bond acceptors (Lipinski definition) is 4. The first-order chi connectivity index (χ1) is 10.2. The van der Waals surface area contributed by atoms with Gasteiger partial charge in [-0.1, -0.05) is 6.07 Å². The molecule has 0 spiro atoms. The van der Waals surface area contributed by atoms with Gasteiger partial charge in [-0.2, -0.15) is 13.2 Å². The van der Waals surface area contributed by atoms with Crippen molar-refractivity contribution >= 4 is 23.0 Å². The van der Waals surface area contributed by atoms with Crippen LogP contribution in [0.1, 0.15) is 5.56 Å². The minimum absolute atomic E-state index is 0.222. The van der Waals surface area contributed by atoms with Crippen molar-refractivity contribution in [3.8, 4) is 0 Å². The average molecular weight is 318 g/mol. The summed E-state index contributed by atoms with van der Waals surface area (Å²) in [5.74, 6) is -4.66. The number of carboxylic acid groups (broad SMARTS) is 1. The molecule has 1 aromatic heterocycles. The van der Waals surface area contributed by atoms with E-state index in [0.717, 1.165) is 0 Å². The van der Waals surface area contributed by atoms with Gasteiger partial charge >= 0.3 is 23.8 Å². The monoisotopic (exact) mass is 318 g/mol. The number of halogens is 3. The van der Waals surface area contributed by atoms with Crippen molar-refractivity contribution in [2.75, 3.05) is 0 Å². The number of hydrogen-bond donors (Lipinski definition) is 3. The molecule has 0 fully saturated rings. The van der Waals surface area contributed by atoms with E-state index in [-0.39, 0.29) is 17.5 Å². The molecule has 0 saturated carbocycles. The highest BCUT2D eigenvalue weighted by Gasteiger charge is 2.40. The van der Waals surface area contributed by atoms with E-state index in [4.69, 9.17) is 9.52 Å².